The summed E-state index contributed by atoms with van der Waals surface area (Å²) in [5.74, 6) is 0. The first-order valence-corrected chi connectivity index (χ1v) is 8.55. The highest BCUT2D eigenvalue weighted by Gasteiger charge is 2.22. The maximum Gasteiger partial charge on any atom is 0.0408 e. The molecule has 20 heavy (non-hydrogen) atoms. The Morgan fingerprint density at radius 3 is 3.15 bits per heavy atom. The first kappa shape index (κ1) is 14.1. The molecule has 3 rings (SSSR count). The molecule has 0 aliphatic heterocycles. The van der Waals surface area contributed by atoms with Gasteiger partial charge in [0.1, 0.15) is 0 Å². The molecule has 3 heteroatoms. The Balaban J connectivity index is 1.64. The summed E-state index contributed by atoms with van der Waals surface area (Å²) in [4.78, 5) is 1.57. The van der Waals surface area contributed by atoms with Gasteiger partial charge in [-0.05, 0) is 67.3 Å². The van der Waals surface area contributed by atoms with Crippen molar-refractivity contribution in [1.82, 2.24) is 5.32 Å². The molecule has 0 saturated heterocycles. The van der Waals surface area contributed by atoms with Crippen LogP contribution in [-0.2, 0) is 12.8 Å². The predicted molar refractivity (Wildman–Crippen MR) is 87.8 cm³/mol. The van der Waals surface area contributed by atoms with Crippen LogP contribution in [0.3, 0.4) is 0 Å². The Hall–Kier alpha value is -0.830. The van der Waals surface area contributed by atoms with Gasteiger partial charge in [0.15, 0.2) is 0 Å². The number of benzene rings is 1. The van der Waals surface area contributed by atoms with E-state index in [1.807, 2.05) is 23.5 Å². The van der Waals surface area contributed by atoms with E-state index >= 15 is 0 Å². The smallest absolute Gasteiger partial charge is 0.0408 e. The van der Waals surface area contributed by atoms with Gasteiger partial charge in [-0.1, -0.05) is 23.7 Å². The highest BCUT2D eigenvalue weighted by atomic mass is 35.5. The Labute approximate surface area is 130 Å². The van der Waals surface area contributed by atoms with Crippen molar-refractivity contribution in [1.29, 1.82) is 0 Å². The van der Waals surface area contributed by atoms with Crippen molar-refractivity contribution in [3.63, 3.8) is 0 Å². The van der Waals surface area contributed by atoms with Crippen LogP contribution in [0.4, 0.5) is 0 Å². The third kappa shape index (κ3) is 3.25. The molecule has 1 nitrogen and oxygen atoms in total. The number of hydrogen-bond donors (Lipinski definition) is 1. The average molecular weight is 306 g/mol. The first-order chi connectivity index (χ1) is 9.72. The number of fused-ring (bicyclic) bond motifs is 1. The van der Waals surface area contributed by atoms with Crippen LogP contribution in [0.2, 0.25) is 5.02 Å². The standard InChI is InChI=1S/C17H20ClNS/c1-12(10-13-4-2-5-14(18)11-13)19-16-6-3-7-17-15(16)8-9-20-17/h2,4-5,8-9,11-12,16,19H,3,6-7,10H2,1H3. The number of halogens is 1. The van der Waals surface area contributed by atoms with Crippen molar-refractivity contribution in [3.05, 3.63) is 56.7 Å². The number of rotatable bonds is 4. The molecular weight excluding hydrogens is 286 g/mol. The lowest BCUT2D eigenvalue weighted by atomic mass is 9.93. The molecular formula is C17H20ClNS. The zero-order valence-corrected chi connectivity index (χ0v) is 13.3. The molecule has 1 N–H and O–H groups in total. The summed E-state index contributed by atoms with van der Waals surface area (Å²) in [5, 5.41) is 6.85. The molecule has 2 atom stereocenters. The van der Waals surface area contributed by atoms with Crippen molar-refractivity contribution in [2.45, 2.75) is 44.7 Å². The molecule has 0 fully saturated rings. The summed E-state index contributed by atoms with van der Waals surface area (Å²) in [6.45, 7) is 2.27. The second-order valence-corrected chi connectivity index (χ2v) is 7.08. The first-order valence-electron chi connectivity index (χ1n) is 7.29. The fourth-order valence-corrected chi connectivity index (χ4v) is 4.28. The van der Waals surface area contributed by atoms with E-state index in [2.05, 4.69) is 35.8 Å². The number of nitrogens with one attached hydrogen (secondary N) is 1. The van der Waals surface area contributed by atoms with Crippen molar-refractivity contribution >= 4 is 22.9 Å². The third-order valence-corrected chi connectivity index (χ3v) is 5.20. The molecule has 1 aromatic carbocycles. The fourth-order valence-electron chi connectivity index (χ4n) is 3.08. The van der Waals surface area contributed by atoms with Crippen LogP contribution < -0.4 is 5.32 Å². The largest absolute Gasteiger partial charge is 0.307 e. The number of thiophene rings is 1. The minimum Gasteiger partial charge on any atom is -0.307 e. The molecule has 2 unspecified atom stereocenters. The minimum absolute atomic E-state index is 0.462. The molecule has 1 aliphatic carbocycles. The van der Waals surface area contributed by atoms with Crippen LogP contribution in [0.15, 0.2) is 35.7 Å². The molecule has 1 heterocycles. The van der Waals surface area contributed by atoms with Crippen molar-refractivity contribution in [3.8, 4) is 0 Å². The summed E-state index contributed by atoms with van der Waals surface area (Å²) >= 11 is 7.96. The molecule has 2 aromatic rings. The van der Waals surface area contributed by atoms with E-state index in [4.69, 9.17) is 11.6 Å². The summed E-state index contributed by atoms with van der Waals surface area (Å²) < 4.78 is 0. The molecule has 0 saturated carbocycles. The Morgan fingerprint density at radius 1 is 1.40 bits per heavy atom. The summed E-state index contributed by atoms with van der Waals surface area (Å²) in [6.07, 6.45) is 4.84. The van der Waals surface area contributed by atoms with Crippen LogP contribution in [0.25, 0.3) is 0 Å². The SMILES string of the molecule is CC(Cc1cccc(Cl)c1)NC1CCCc2sccc21. The Bertz CT molecular complexity index is 578. The summed E-state index contributed by atoms with van der Waals surface area (Å²) in [6, 6.07) is 11.5. The highest BCUT2D eigenvalue weighted by molar-refractivity contribution is 7.10. The van der Waals surface area contributed by atoms with E-state index < -0.39 is 0 Å². The van der Waals surface area contributed by atoms with Gasteiger partial charge in [-0.3, -0.25) is 0 Å². The van der Waals surface area contributed by atoms with E-state index in [9.17, 15) is 0 Å². The normalized spacial score (nSPS) is 19.6. The fraction of sp³-hybridized carbons (Fsp3) is 0.412. The van der Waals surface area contributed by atoms with Gasteiger partial charge in [0, 0.05) is 22.0 Å². The minimum atomic E-state index is 0.462. The monoisotopic (exact) mass is 305 g/mol. The van der Waals surface area contributed by atoms with Gasteiger partial charge in [-0.2, -0.15) is 0 Å². The van der Waals surface area contributed by atoms with Gasteiger partial charge in [0.05, 0.1) is 0 Å². The maximum absolute atomic E-state index is 6.05. The van der Waals surface area contributed by atoms with E-state index in [0.717, 1.165) is 11.4 Å². The zero-order valence-electron chi connectivity index (χ0n) is 11.7. The zero-order chi connectivity index (χ0) is 13.9. The van der Waals surface area contributed by atoms with Crippen LogP contribution in [0.1, 0.15) is 41.8 Å². The molecule has 106 valence electrons. The highest BCUT2D eigenvalue weighted by Crippen LogP contribution is 2.33. The van der Waals surface area contributed by atoms with Crippen LogP contribution in [-0.4, -0.2) is 6.04 Å². The molecule has 0 radical (unpaired) electrons. The molecule has 0 spiro atoms. The molecule has 0 bridgehead atoms. The number of aryl methyl sites for hydroxylation is 1. The van der Waals surface area contributed by atoms with Crippen molar-refractivity contribution in [2.75, 3.05) is 0 Å². The molecule has 0 amide bonds. The van der Waals surface area contributed by atoms with Gasteiger partial charge < -0.3 is 5.32 Å². The van der Waals surface area contributed by atoms with Gasteiger partial charge in [-0.15, -0.1) is 11.3 Å². The van der Waals surface area contributed by atoms with Gasteiger partial charge in [0.25, 0.3) is 0 Å². The molecule has 1 aromatic heterocycles. The van der Waals surface area contributed by atoms with Crippen LogP contribution in [0, 0.1) is 0 Å². The predicted octanol–water partition coefficient (Wildman–Crippen LogP) is 5.00. The number of hydrogen-bond acceptors (Lipinski definition) is 2. The summed E-state index contributed by atoms with van der Waals surface area (Å²) in [5.41, 5.74) is 2.83. The van der Waals surface area contributed by atoms with Gasteiger partial charge in [-0.25, -0.2) is 0 Å². The maximum atomic E-state index is 6.05. The van der Waals surface area contributed by atoms with E-state index in [-0.39, 0.29) is 0 Å². The van der Waals surface area contributed by atoms with Crippen LogP contribution in [0.5, 0.6) is 0 Å². The van der Waals surface area contributed by atoms with Crippen LogP contribution >= 0.6 is 22.9 Å². The summed E-state index contributed by atoms with van der Waals surface area (Å²) in [7, 11) is 0. The quantitative estimate of drug-likeness (QED) is 0.838. The second-order valence-electron chi connectivity index (χ2n) is 5.65. The van der Waals surface area contributed by atoms with E-state index in [1.165, 1.54) is 30.4 Å². The topological polar surface area (TPSA) is 12.0 Å². The Morgan fingerprint density at radius 2 is 2.30 bits per heavy atom. The van der Waals surface area contributed by atoms with Gasteiger partial charge in [0.2, 0.25) is 0 Å². The van der Waals surface area contributed by atoms with Crippen molar-refractivity contribution < 1.29 is 0 Å². The lowest BCUT2D eigenvalue weighted by molar-refractivity contribution is 0.409. The van der Waals surface area contributed by atoms with Gasteiger partial charge >= 0.3 is 0 Å². The van der Waals surface area contributed by atoms with Crippen molar-refractivity contribution in [2.24, 2.45) is 0 Å². The second kappa shape index (κ2) is 6.30. The molecule has 1 aliphatic rings. The van der Waals surface area contributed by atoms with E-state index in [0.29, 0.717) is 12.1 Å². The van der Waals surface area contributed by atoms with E-state index in [1.54, 1.807) is 4.88 Å². The third-order valence-electron chi connectivity index (χ3n) is 3.97. The lowest BCUT2D eigenvalue weighted by Gasteiger charge is -2.27. The average Bonchev–Trinajstić information content (AvgIpc) is 2.88. The Kier molecular flexibility index (Phi) is 4.45. The lowest BCUT2D eigenvalue weighted by Crippen LogP contribution is -2.33.